The molecule has 0 spiro atoms. The van der Waals surface area contributed by atoms with Crippen molar-refractivity contribution in [3.8, 4) is 0 Å². The Bertz CT molecular complexity index is 291. The summed E-state index contributed by atoms with van der Waals surface area (Å²) in [6.45, 7) is 5.00. The highest BCUT2D eigenvalue weighted by Crippen LogP contribution is 2.19. The Hall–Kier alpha value is -1.10. The first-order valence-corrected chi connectivity index (χ1v) is 6.66. The second kappa shape index (κ2) is 7.36. The lowest BCUT2D eigenvalue weighted by Gasteiger charge is -2.12. The van der Waals surface area contributed by atoms with Crippen LogP contribution in [0.2, 0.25) is 0 Å². The molecular formula is C13H23NO4. The molecule has 1 amide bonds. The van der Waals surface area contributed by atoms with Crippen LogP contribution in [0.15, 0.2) is 0 Å². The summed E-state index contributed by atoms with van der Waals surface area (Å²) >= 11 is 0. The third-order valence-electron chi connectivity index (χ3n) is 3.09. The standard InChI is InChI=1S/C13H23NO4/c1-9(2)5-3-4-8-14-12(15)10-6-7-11(18-10)13(16)17/h9-11H,3-8H2,1-2H3,(H,14,15)(H,16,17)/t10-,11+/m0/s1. The van der Waals surface area contributed by atoms with Crippen molar-refractivity contribution in [3.05, 3.63) is 0 Å². The van der Waals surface area contributed by atoms with Gasteiger partial charge in [0.15, 0.2) is 6.10 Å². The minimum atomic E-state index is -0.984. The number of aliphatic carboxylic acids is 1. The summed E-state index contributed by atoms with van der Waals surface area (Å²) in [6.07, 6.45) is 2.73. The maximum absolute atomic E-state index is 11.7. The van der Waals surface area contributed by atoms with Gasteiger partial charge in [-0.2, -0.15) is 0 Å². The van der Waals surface area contributed by atoms with Gasteiger partial charge in [-0.3, -0.25) is 4.79 Å². The first-order valence-electron chi connectivity index (χ1n) is 6.66. The maximum atomic E-state index is 11.7. The molecule has 5 heteroatoms. The zero-order valence-corrected chi connectivity index (χ0v) is 11.1. The Morgan fingerprint density at radius 2 is 1.94 bits per heavy atom. The molecule has 5 nitrogen and oxygen atoms in total. The van der Waals surface area contributed by atoms with Crippen molar-refractivity contribution in [2.24, 2.45) is 5.92 Å². The number of nitrogens with one attached hydrogen (secondary N) is 1. The minimum Gasteiger partial charge on any atom is -0.479 e. The van der Waals surface area contributed by atoms with E-state index in [1.54, 1.807) is 0 Å². The zero-order chi connectivity index (χ0) is 13.5. The van der Waals surface area contributed by atoms with Crippen LogP contribution in [0.25, 0.3) is 0 Å². The van der Waals surface area contributed by atoms with Gasteiger partial charge in [0.05, 0.1) is 0 Å². The van der Waals surface area contributed by atoms with Gasteiger partial charge in [-0.05, 0) is 25.2 Å². The van der Waals surface area contributed by atoms with Crippen LogP contribution in [0.1, 0.15) is 46.0 Å². The summed E-state index contributed by atoms with van der Waals surface area (Å²) in [6, 6.07) is 0. The van der Waals surface area contributed by atoms with E-state index in [1.807, 2.05) is 0 Å². The fraction of sp³-hybridized carbons (Fsp3) is 0.846. The van der Waals surface area contributed by atoms with Crippen molar-refractivity contribution in [3.63, 3.8) is 0 Å². The fourth-order valence-electron chi connectivity index (χ4n) is 2.01. The van der Waals surface area contributed by atoms with Gasteiger partial charge in [0.2, 0.25) is 5.91 Å². The van der Waals surface area contributed by atoms with Crippen LogP contribution in [-0.4, -0.2) is 35.7 Å². The first-order chi connectivity index (χ1) is 8.50. The fourth-order valence-corrected chi connectivity index (χ4v) is 2.01. The molecule has 0 saturated carbocycles. The van der Waals surface area contributed by atoms with E-state index in [0.717, 1.165) is 19.3 Å². The Labute approximate surface area is 108 Å². The summed E-state index contributed by atoms with van der Waals surface area (Å²) in [5.41, 5.74) is 0. The smallest absolute Gasteiger partial charge is 0.332 e. The van der Waals surface area contributed by atoms with Gasteiger partial charge in [0.25, 0.3) is 0 Å². The molecule has 1 aliphatic heterocycles. The van der Waals surface area contributed by atoms with Crippen molar-refractivity contribution in [2.75, 3.05) is 6.54 Å². The number of carboxylic acids is 1. The van der Waals surface area contributed by atoms with Crippen molar-refractivity contribution in [2.45, 2.75) is 58.2 Å². The topological polar surface area (TPSA) is 75.6 Å². The zero-order valence-electron chi connectivity index (χ0n) is 11.1. The van der Waals surface area contributed by atoms with Gasteiger partial charge >= 0.3 is 5.97 Å². The molecule has 1 rings (SSSR count). The minimum absolute atomic E-state index is 0.178. The van der Waals surface area contributed by atoms with E-state index >= 15 is 0 Å². The van der Waals surface area contributed by atoms with Crippen LogP contribution in [0.5, 0.6) is 0 Å². The van der Waals surface area contributed by atoms with Crippen molar-refractivity contribution in [1.82, 2.24) is 5.32 Å². The number of rotatable bonds is 7. The molecule has 0 aliphatic carbocycles. The van der Waals surface area contributed by atoms with E-state index in [2.05, 4.69) is 19.2 Å². The second-order valence-corrected chi connectivity index (χ2v) is 5.21. The first kappa shape index (κ1) is 15.0. The molecule has 104 valence electrons. The average molecular weight is 257 g/mol. The predicted molar refractivity (Wildman–Crippen MR) is 67.2 cm³/mol. The van der Waals surface area contributed by atoms with Crippen LogP contribution in [0.4, 0.5) is 0 Å². The van der Waals surface area contributed by atoms with Crippen molar-refractivity contribution < 1.29 is 19.4 Å². The number of unbranched alkanes of at least 4 members (excludes halogenated alkanes) is 1. The Balaban J connectivity index is 2.12. The molecule has 0 unspecified atom stereocenters. The molecule has 2 atom stereocenters. The second-order valence-electron chi connectivity index (χ2n) is 5.21. The Morgan fingerprint density at radius 3 is 2.50 bits per heavy atom. The van der Waals surface area contributed by atoms with E-state index in [0.29, 0.717) is 25.3 Å². The summed E-state index contributed by atoms with van der Waals surface area (Å²) in [7, 11) is 0. The van der Waals surface area contributed by atoms with Crippen LogP contribution in [0.3, 0.4) is 0 Å². The van der Waals surface area contributed by atoms with Gasteiger partial charge < -0.3 is 15.2 Å². The summed E-state index contributed by atoms with van der Waals surface area (Å²) in [4.78, 5) is 22.4. The highest BCUT2D eigenvalue weighted by atomic mass is 16.5. The van der Waals surface area contributed by atoms with Crippen molar-refractivity contribution >= 4 is 11.9 Å². The number of amides is 1. The Morgan fingerprint density at radius 1 is 1.28 bits per heavy atom. The molecule has 1 fully saturated rings. The third-order valence-corrected chi connectivity index (χ3v) is 3.09. The van der Waals surface area contributed by atoms with Crippen LogP contribution in [-0.2, 0) is 14.3 Å². The monoisotopic (exact) mass is 257 g/mol. The summed E-state index contributed by atoms with van der Waals surface area (Å²) in [5.74, 6) is -0.472. The lowest BCUT2D eigenvalue weighted by atomic mass is 10.1. The number of carbonyl (C=O) groups excluding carboxylic acids is 1. The van der Waals surface area contributed by atoms with Gasteiger partial charge in [0.1, 0.15) is 6.10 Å². The Kier molecular flexibility index (Phi) is 6.12. The summed E-state index contributed by atoms with van der Waals surface area (Å²) < 4.78 is 5.17. The van der Waals surface area contributed by atoms with E-state index in [4.69, 9.17) is 9.84 Å². The SMILES string of the molecule is CC(C)CCCCNC(=O)[C@@H]1CC[C@H](C(=O)O)O1. The molecule has 0 bridgehead atoms. The molecule has 1 heterocycles. The van der Waals surface area contributed by atoms with E-state index in [1.165, 1.54) is 0 Å². The highest BCUT2D eigenvalue weighted by Gasteiger charge is 2.34. The molecule has 18 heavy (non-hydrogen) atoms. The van der Waals surface area contributed by atoms with Gasteiger partial charge in [0, 0.05) is 6.54 Å². The van der Waals surface area contributed by atoms with E-state index < -0.39 is 18.2 Å². The molecular weight excluding hydrogens is 234 g/mol. The molecule has 0 aromatic rings. The summed E-state index contributed by atoms with van der Waals surface area (Å²) in [5, 5.41) is 11.6. The van der Waals surface area contributed by atoms with Crippen LogP contribution >= 0.6 is 0 Å². The molecule has 0 aromatic heterocycles. The molecule has 0 radical (unpaired) electrons. The van der Waals surface area contributed by atoms with Crippen molar-refractivity contribution in [1.29, 1.82) is 0 Å². The van der Waals surface area contributed by atoms with Gasteiger partial charge in [-0.1, -0.05) is 26.7 Å². The maximum Gasteiger partial charge on any atom is 0.332 e. The van der Waals surface area contributed by atoms with E-state index in [9.17, 15) is 9.59 Å². The molecule has 1 aliphatic rings. The molecule has 1 saturated heterocycles. The predicted octanol–water partition coefficient (Wildman–Crippen LogP) is 1.56. The van der Waals surface area contributed by atoms with Gasteiger partial charge in [-0.25, -0.2) is 4.79 Å². The number of carbonyl (C=O) groups is 2. The third kappa shape index (κ3) is 5.04. The number of carboxylic acid groups (broad SMARTS) is 1. The quantitative estimate of drug-likeness (QED) is 0.679. The van der Waals surface area contributed by atoms with E-state index in [-0.39, 0.29) is 5.91 Å². The van der Waals surface area contributed by atoms with Gasteiger partial charge in [-0.15, -0.1) is 0 Å². The lowest BCUT2D eigenvalue weighted by molar-refractivity contribution is -0.151. The lowest BCUT2D eigenvalue weighted by Crippen LogP contribution is -2.36. The number of hydrogen-bond acceptors (Lipinski definition) is 3. The van der Waals surface area contributed by atoms with Crippen LogP contribution < -0.4 is 5.32 Å². The van der Waals surface area contributed by atoms with Crippen LogP contribution in [0, 0.1) is 5.92 Å². The highest BCUT2D eigenvalue weighted by molar-refractivity contribution is 5.82. The average Bonchev–Trinajstić information content (AvgIpc) is 2.77. The number of hydrogen-bond donors (Lipinski definition) is 2. The largest absolute Gasteiger partial charge is 0.479 e. The normalized spacial score (nSPS) is 23.3. The molecule has 0 aromatic carbocycles. The molecule has 2 N–H and O–H groups in total. The number of ether oxygens (including phenoxy) is 1.